The summed E-state index contributed by atoms with van der Waals surface area (Å²) in [6, 6.07) is 3.63. The first-order chi connectivity index (χ1) is 10.5. The van der Waals surface area contributed by atoms with Crippen molar-refractivity contribution in [1.82, 2.24) is 4.90 Å². The van der Waals surface area contributed by atoms with E-state index in [4.69, 9.17) is 10.5 Å². The summed E-state index contributed by atoms with van der Waals surface area (Å²) in [5.74, 6) is 0.363. The molecule has 6 nitrogen and oxygen atoms in total. The number of nitrogens with two attached hydrogens (primary N) is 1. The van der Waals surface area contributed by atoms with Gasteiger partial charge < -0.3 is 25.6 Å². The Balaban J connectivity index is 2.37. The van der Waals surface area contributed by atoms with Crippen LogP contribution in [-0.4, -0.2) is 51.1 Å². The van der Waals surface area contributed by atoms with E-state index < -0.39 is 0 Å². The number of hydrogen-bond donors (Lipinski definition) is 2. The minimum atomic E-state index is -0.252. The zero-order chi connectivity index (χ0) is 16.1. The molecule has 0 bridgehead atoms. The van der Waals surface area contributed by atoms with Gasteiger partial charge in [-0.05, 0) is 32.2 Å². The highest BCUT2D eigenvalue weighted by molar-refractivity contribution is 6.02. The number of nitrogens with one attached hydrogen (secondary N) is 1. The van der Waals surface area contributed by atoms with Gasteiger partial charge in [-0.2, -0.15) is 0 Å². The molecule has 6 heteroatoms. The summed E-state index contributed by atoms with van der Waals surface area (Å²) in [7, 11) is 3.71. The number of carbonyl (C=O) groups excluding carboxylic acids is 1. The molecule has 0 spiro atoms. The van der Waals surface area contributed by atoms with Crippen molar-refractivity contribution in [1.29, 1.82) is 0 Å². The van der Waals surface area contributed by atoms with Gasteiger partial charge in [0.05, 0.1) is 24.2 Å². The van der Waals surface area contributed by atoms with E-state index in [-0.39, 0.29) is 5.91 Å². The van der Waals surface area contributed by atoms with E-state index in [1.54, 1.807) is 13.2 Å². The molecule has 1 saturated heterocycles. The highest BCUT2D eigenvalue weighted by Crippen LogP contribution is 2.36. The number of ether oxygens (including phenoxy) is 1. The fourth-order valence-electron chi connectivity index (χ4n) is 2.60. The maximum atomic E-state index is 11.7. The third kappa shape index (κ3) is 3.71. The van der Waals surface area contributed by atoms with Crippen molar-refractivity contribution in [2.45, 2.75) is 6.42 Å². The average molecular weight is 304 g/mol. The second-order valence-corrected chi connectivity index (χ2v) is 5.45. The van der Waals surface area contributed by atoms with Gasteiger partial charge in [-0.3, -0.25) is 4.79 Å². The van der Waals surface area contributed by atoms with E-state index in [2.05, 4.69) is 28.7 Å². The minimum Gasteiger partial charge on any atom is -0.495 e. The van der Waals surface area contributed by atoms with E-state index in [0.717, 1.165) is 38.3 Å². The van der Waals surface area contributed by atoms with Crippen LogP contribution < -0.4 is 20.7 Å². The predicted octanol–water partition coefficient (Wildman–Crippen LogP) is 1.54. The molecule has 1 aromatic carbocycles. The molecule has 1 heterocycles. The molecule has 1 amide bonds. The highest BCUT2D eigenvalue weighted by atomic mass is 16.5. The molecule has 3 N–H and O–H groups in total. The SMILES string of the molecule is C=CC(=O)Nc1cc(N)c(OC)cc1N1CCCN(C)CC1. The summed E-state index contributed by atoms with van der Waals surface area (Å²) in [4.78, 5) is 16.2. The Hall–Kier alpha value is -2.21. The molecule has 0 radical (unpaired) electrons. The lowest BCUT2D eigenvalue weighted by molar-refractivity contribution is -0.111. The fraction of sp³-hybridized carbons (Fsp3) is 0.438. The van der Waals surface area contributed by atoms with Crippen molar-refractivity contribution >= 4 is 23.0 Å². The summed E-state index contributed by atoms with van der Waals surface area (Å²) in [6.45, 7) is 7.35. The second kappa shape index (κ2) is 7.17. The normalized spacial score (nSPS) is 16.0. The van der Waals surface area contributed by atoms with Gasteiger partial charge in [0, 0.05) is 25.7 Å². The molecule has 1 aliphatic rings. The van der Waals surface area contributed by atoms with Crippen LogP contribution in [0.15, 0.2) is 24.8 Å². The van der Waals surface area contributed by atoms with Gasteiger partial charge in [-0.25, -0.2) is 0 Å². The first kappa shape index (κ1) is 16.2. The number of nitrogens with zero attached hydrogens (tertiary/aromatic N) is 2. The number of anilines is 3. The highest BCUT2D eigenvalue weighted by Gasteiger charge is 2.18. The first-order valence-corrected chi connectivity index (χ1v) is 7.39. The Bertz CT molecular complexity index is 559. The van der Waals surface area contributed by atoms with E-state index in [0.29, 0.717) is 17.1 Å². The van der Waals surface area contributed by atoms with Crippen LogP contribution >= 0.6 is 0 Å². The van der Waals surface area contributed by atoms with Crippen molar-refractivity contribution in [3.63, 3.8) is 0 Å². The third-order valence-corrected chi connectivity index (χ3v) is 3.85. The van der Waals surface area contributed by atoms with Crippen LogP contribution in [0.1, 0.15) is 6.42 Å². The number of carbonyl (C=O) groups is 1. The maximum Gasteiger partial charge on any atom is 0.247 e. The topological polar surface area (TPSA) is 70.8 Å². The third-order valence-electron chi connectivity index (χ3n) is 3.85. The van der Waals surface area contributed by atoms with Gasteiger partial charge in [0.25, 0.3) is 0 Å². The number of amides is 1. The fourth-order valence-corrected chi connectivity index (χ4v) is 2.60. The molecule has 0 unspecified atom stereocenters. The molecule has 0 aromatic heterocycles. The van der Waals surface area contributed by atoms with Crippen LogP contribution in [0.3, 0.4) is 0 Å². The summed E-state index contributed by atoms with van der Waals surface area (Å²) in [6.07, 6.45) is 2.32. The van der Waals surface area contributed by atoms with Crippen LogP contribution in [0.25, 0.3) is 0 Å². The Morgan fingerprint density at radius 2 is 2.14 bits per heavy atom. The van der Waals surface area contributed by atoms with E-state index in [1.165, 1.54) is 6.08 Å². The van der Waals surface area contributed by atoms with Crippen LogP contribution in [0.2, 0.25) is 0 Å². The largest absolute Gasteiger partial charge is 0.495 e. The molecule has 120 valence electrons. The quantitative estimate of drug-likeness (QED) is 0.652. The monoisotopic (exact) mass is 304 g/mol. The van der Waals surface area contributed by atoms with Crippen molar-refractivity contribution in [3.05, 3.63) is 24.8 Å². The van der Waals surface area contributed by atoms with Crippen LogP contribution in [0.4, 0.5) is 17.1 Å². The molecule has 2 rings (SSSR count). The second-order valence-electron chi connectivity index (χ2n) is 5.45. The number of likely N-dealkylation sites (N-methyl/N-ethyl adjacent to an activating group) is 1. The average Bonchev–Trinajstić information content (AvgIpc) is 2.72. The molecule has 1 fully saturated rings. The van der Waals surface area contributed by atoms with Crippen LogP contribution in [0, 0.1) is 0 Å². The predicted molar refractivity (Wildman–Crippen MR) is 90.6 cm³/mol. The first-order valence-electron chi connectivity index (χ1n) is 7.39. The van der Waals surface area contributed by atoms with Crippen molar-refractivity contribution in [2.24, 2.45) is 0 Å². The zero-order valence-electron chi connectivity index (χ0n) is 13.3. The van der Waals surface area contributed by atoms with E-state index >= 15 is 0 Å². The maximum absolute atomic E-state index is 11.7. The summed E-state index contributed by atoms with van der Waals surface area (Å²) in [5.41, 5.74) is 8.08. The van der Waals surface area contributed by atoms with E-state index in [1.807, 2.05) is 6.07 Å². The number of methoxy groups -OCH3 is 1. The van der Waals surface area contributed by atoms with Crippen molar-refractivity contribution in [2.75, 3.05) is 56.3 Å². The van der Waals surface area contributed by atoms with Gasteiger partial charge in [0.15, 0.2) is 0 Å². The molecule has 22 heavy (non-hydrogen) atoms. The minimum absolute atomic E-state index is 0.252. The molecule has 0 atom stereocenters. The lowest BCUT2D eigenvalue weighted by Gasteiger charge is -2.26. The molecule has 1 aromatic rings. The molecule has 1 aliphatic heterocycles. The molecular weight excluding hydrogens is 280 g/mol. The Morgan fingerprint density at radius 3 is 2.82 bits per heavy atom. The summed E-state index contributed by atoms with van der Waals surface area (Å²) < 4.78 is 5.32. The zero-order valence-corrected chi connectivity index (χ0v) is 13.3. The summed E-state index contributed by atoms with van der Waals surface area (Å²) >= 11 is 0. The Labute approximate surface area is 131 Å². The number of benzene rings is 1. The lowest BCUT2D eigenvalue weighted by atomic mass is 10.2. The Kier molecular flexibility index (Phi) is 5.27. The standard InChI is InChI=1S/C16H24N4O2/c1-4-16(21)18-13-10-12(17)15(22-3)11-14(13)20-7-5-6-19(2)8-9-20/h4,10-11H,1,5-9,17H2,2-3H3,(H,18,21). The Morgan fingerprint density at radius 1 is 1.36 bits per heavy atom. The van der Waals surface area contributed by atoms with Crippen LogP contribution in [0.5, 0.6) is 5.75 Å². The van der Waals surface area contributed by atoms with Crippen molar-refractivity contribution in [3.8, 4) is 5.75 Å². The molecular formula is C16H24N4O2. The smallest absolute Gasteiger partial charge is 0.247 e. The van der Waals surface area contributed by atoms with Crippen molar-refractivity contribution < 1.29 is 9.53 Å². The number of hydrogen-bond acceptors (Lipinski definition) is 5. The van der Waals surface area contributed by atoms with Gasteiger partial charge in [0.2, 0.25) is 5.91 Å². The number of rotatable bonds is 4. The van der Waals surface area contributed by atoms with E-state index in [9.17, 15) is 4.79 Å². The lowest BCUT2D eigenvalue weighted by Crippen LogP contribution is -2.29. The number of nitrogen functional groups attached to an aromatic ring is 1. The van der Waals surface area contributed by atoms with Gasteiger partial charge in [-0.1, -0.05) is 6.58 Å². The molecule has 0 saturated carbocycles. The van der Waals surface area contributed by atoms with Gasteiger partial charge >= 0.3 is 0 Å². The molecule has 0 aliphatic carbocycles. The van der Waals surface area contributed by atoms with Crippen LogP contribution in [-0.2, 0) is 4.79 Å². The van der Waals surface area contributed by atoms with Gasteiger partial charge in [0.1, 0.15) is 5.75 Å². The summed E-state index contributed by atoms with van der Waals surface area (Å²) in [5, 5.41) is 2.83. The van der Waals surface area contributed by atoms with Gasteiger partial charge in [-0.15, -0.1) is 0 Å².